The lowest BCUT2D eigenvalue weighted by Gasteiger charge is -2.12. The molecule has 8 nitrogen and oxygen atoms in total. The van der Waals surface area contributed by atoms with Crippen molar-refractivity contribution in [2.45, 2.75) is 31.5 Å². The lowest BCUT2D eigenvalue weighted by Crippen LogP contribution is -2.24. The second-order valence-corrected chi connectivity index (χ2v) is 7.49. The molecule has 0 radical (unpaired) electrons. The highest BCUT2D eigenvalue weighted by molar-refractivity contribution is 6.00. The van der Waals surface area contributed by atoms with Crippen LogP contribution in [0.4, 0.5) is 17.3 Å². The number of hydrogen-bond acceptors (Lipinski definition) is 6. The summed E-state index contributed by atoms with van der Waals surface area (Å²) >= 11 is 0. The van der Waals surface area contributed by atoms with E-state index in [1.54, 1.807) is 16.8 Å². The van der Waals surface area contributed by atoms with Crippen molar-refractivity contribution in [2.75, 3.05) is 10.6 Å². The summed E-state index contributed by atoms with van der Waals surface area (Å²) in [5, 5.41) is 23.4. The van der Waals surface area contributed by atoms with Gasteiger partial charge in [-0.2, -0.15) is 9.61 Å². The maximum atomic E-state index is 12.0. The molecule has 5 rings (SSSR count). The molecule has 1 aromatic carbocycles. The highest BCUT2D eigenvalue weighted by Crippen LogP contribution is 2.29. The Hall–Kier alpha value is -3.83. The minimum Gasteiger partial charge on any atom is -0.373 e. The van der Waals surface area contributed by atoms with Gasteiger partial charge in [-0.3, -0.25) is 4.79 Å². The Balaban J connectivity index is 1.56. The lowest BCUT2D eigenvalue weighted by molar-refractivity contribution is -0.117. The molecule has 2 aromatic heterocycles. The molecule has 1 aliphatic heterocycles. The molecule has 1 amide bonds. The Morgan fingerprint density at radius 2 is 2.20 bits per heavy atom. The van der Waals surface area contributed by atoms with E-state index in [0.717, 1.165) is 29.9 Å². The summed E-state index contributed by atoms with van der Waals surface area (Å²) in [6, 6.07) is 9.88. The molecular formula is C22H20N6O2. The summed E-state index contributed by atoms with van der Waals surface area (Å²) in [4.78, 5) is 16.7. The van der Waals surface area contributed by atoms with E-state index in [-0.39, 0.29) is 12.3 Å². The van der Waals surface area contributed by atoms with Gasteiger partial charge in [0, 0.05) is 40.9 Å². The van der Waals surface area contributed by atoms with Gasteiger partial charge in [0.05, 0.1) is 6.20 Å². The SMILES string of the molecule is C#Cc1cccc(Nc2cc(NC3CC3)n3ncc(/C=C4\CC(O)NC4=O)c3n2)c1. The van der Waals surface area contributed by atoms with Crippen molar-refractivity contribution in [1.29, 1.82) is 0 Å². The number of benzene rings is 1. The van der Waals surface area contributed by atoms with Crippen LogP contribution in [0.1, 0.15) is 30.4 Å². The highest BCUT2D eigenvalue weighted by atomic mass is 16.3. The zero-order valence-corrected chi connectivity index (χ0v) is 16.1. The average Bonchev–Trinajstić information content (AvgIpc) is 3.37. The van der Waals surface area contributed by atoms with Crippen molar-refractivity contribution in [3.63, 3.8) is 0 Å². The molecule has 1 aliphatic carbocycles. The number of terminal acetylenes is 1. The third-order valence-corrected chi connectivity index (χ3v) is 5.06. The number of fused-ring (bicyclic) bond motifs is 1. The standard InChI is InChI=1S/C22H20N6O2/c1-2-13-4-3-5-17(8-13)24-18-11-19(25-16-6-7-16)28-21(26-18)15(12-23-28)9-14-10-20(29)27-22(14)30/h1,3-5,8-9,11-12,16,20,25,29H,6-7,10H2,(H,24,26)(H,27,30)/b14-9+. The van der Waals surface area contributed by atoms with E-state index >= 15 is 0 Å². The van der Waals surface area contributed by atoms with Crippen LogP contribution in [0.5, 0.6) is 0 Å². The van der Waals surface area contributed by atoms with E-state index in [4.69, 9.17) is 11.4 Å². The number of carbonyl (C=O) groups is 1. The molecule has 3 aromatic rings. The van der Waals surface area contributed by atoms with Crippen LogP contribution in [0.3, 0.4) is 0 Å². The van der Waals surface area contributed by atoms with Crippen molar-refractivity contribution in [3.8, 4) is 12.3 Å². The van der Waals surface area contributed by atoms with Gasteiger partial charge in [0.15, 0.2) is 5.65 Å². The first-order valence-corrected chi connectivity index (χ1v) is 9.77. The summed E-state index contributed by atoms with van der Waals surface area (Å²) in [6.45, 7) is 0. The van der Waals surface area contributed by atoms with Crippen LogP contribution in [-0.4, -0.2) is 37.9 Å². The van der Waals surface area contributed by atoms with Gasteiger partial charge >= 0.3 is 0 Å². The number of amides is 1. The predicted molar refractivity (Wildman–Crippen MR) is 114 cm³/mol. The first-order chi connectivity index (χ1) is 14.6. The molecule has 3 heterocycles. The third-order valence-electron chi connectivity index (χ3n) is 5.06. The maximum absolute atomic E-state index is 12.0. The third kappa shape index (κ3) is 3.58. The second-order valence-electron chi connectivity index (χ2n) is 7.49. The van der Waals surface area contributed by atoms with Gasteiger partial charge in [0.2, 0.25) is 5.91 Å². The van der Waals surface area contributed by atoms with Crippen molar-refractivity contribution in [3.05, 3.63) is 53.2 Å². The lowest BCUT2D eigenvalue weighted by atomic mass is 10.1. The fourth-order valence-corrected chi connectivity index (χ4v) is 3.43. The van der Waals surface area contributed by atoms with Crippen LogP contribution in [0, 0.1) is 12.3 Å². The molecule has 1 saturated heterocycles. The monoisotopic (exact) mass is 400 g/mol. The van der Waals surface area contributed by atoms with Crippen LogP contribution in [0.15, 0.2) is 42.1 Å². The summed E-state index contributed by atoms with van der Waals surface area (Å²) in [7, 11) is 0. The second kappa shape index (κ2) is 7.21. The molecule has 2 fully saturated rings. The summed E-state index contributed by atoms with van der Waals surface area (Å²) in [5.74, 6) is 3.80. The Bertz CT molecular complexity index is 1220. The van der Waals surface area contributed by atoms with Crippen LogP contribution in [0.25, 0.3) is 11.7 Å². The molecule has 150 valence electrons. The van der Waals surface area contributed by atoms with Crippen molar-refractivity contribution in [2.24, 2.45) is 0 Å². The topological polar surface area (TPSA) is 104 Å². The molecule has 4 N–H and O–H groups in total. The highest BCUT2D eigenvalue weighted by Gasteiger charge is 2.26. The fraction of sp³-hybridized carbons (Fsp3) is 0.227. The molecule has 8 heteroatoms. The molecular weight excluding hydrogens is 380 g/mol. The molecule has 1 atom stereocenters. The minimum atomic E-state index is -0.855. The first-order valence-electron chi connectivity index (χ1n) is 9.77. The van der Waals surface area contributed by atoms with Crippen molar-refractivity contribution in [1.82, 2.24) is 19.9 Å². The summed E-state index contributed by atoms with van der Waals surface area (Å²) < 4.78 is 1.73. The first kappa shape index (κ1) is 18.2. The zero-order chi connectivity index (χ0) is 20.7. The number of aliphatic hydroxyl groups excluding tert-OH is 1. The van der Waals surface area contributed by atoms with Crippen LogP contribution < -0.4 is 16.0 Å². The van der Waals surface area contributed by atoms with Gasteiger partial charge in [0.25, 0.3) is 0 Å². The number of hydrogen-bond donors (Lipinski definition) is 4. The Morgan fingerprint density at radius 1 is 1.33 bits per heavy atom. The quantitative estimate of drug-likeness (QED) is 0.387. The van der Waals surface area contributed by atoms with Gasteiger partial charge in [0.1, 0.15) is 17.9 Å². The summed E-state index contributed by atoms with van der Waals surface area (Å²) in [6.07, 6.45) is 10.5. The van der Waals surface area contributed by atoms with E-state index < -0.39 is 6.23 Å². The Labute approximate surface area is 173 Å². The van der Waals surface area contributed by atoms with Gasteiger partial charge in [-0.1, -0.05) is 12.0 Å². The van der Waals surface area contributed by atoms with Crippen molar-refractivity contribution < 1.29 is 9.90 Å². The number of rotatable bonds is 5. The number of aromatic nitrogens is 3. The molecule has 1 saturated carbocycles. The van der Waals surface area contributed by atoms with E-state index in [9.17, 15) is 9.90 Å². The smallest absolute Gasteiger partial charge is 0.249 e. The van der Waals surface area contributed by atoms with E-state index in [1.807, 2.05) is 30.3 Å². The minimum absolute atomic E-state index is 0.250. The normalized spacial score (nSPS) is 19.7. The van der Waals surface area contributed by atoms with E-state index in [1.165, 1.54) is 0 Å². The molecule has 1 unspecified atom stereocenters. The molecule has 30 heavy (non-hydrogen) atoms. The van der Waals surface area contributed by atoms with Crippen LogP contribution >= 0.6 is 0 Å². The van der Waals surface area contributed by atoms with Crippen molar-refractivity contribution >= 4 is 35.0 Å². The van der Waals surface area contributed by atoms with E-state index in [2.05, 4.69) is 27.0 Å². The Kier molecular flexibility index (Phi) is 4.38. The Morgan fingerprint density at radius 3 is 2.93 bits per heavy atom. The maximum Gasteiger partial charge on any atom is 0.249 e. The number of anilines is 3. The van der Waals surface area contributed by atoms with Gasteiger partial charge < -0.3 is 21.1 Å². The molecule has 0 bridgehead atoms. The predicted octanol–water partition coefficient (Wildman–Crippen LogP) is 2.25. The molecule has 2 aliphatic rings. The number of carbonyl (C=O) groups excluding carboxylic acids is 1. The fourth-order valence-electron chi connectivity index (χ4n) is 3.43. The molecule has 0 spiro atoms. The largest absolute Gasteiger partial charge is 0.373 e. The van der Waals surface area contributed by atoms with Gasteiger partial charge in [-0.25, -0.2) is 4.98 Å². The number of nitrogens with zero attached hydrogens (tertiary/aromatic N) is 3. The van der Waals surface area contributed by atoms with Gasteiger partial charge in [-0.15, -0.1) is 6.42 Å². The van der Waals surface area contributed by atoms with Crippen LogP contribution in [0.2, 0.25) is 0 Å². The van der Waals surface area contributed by atoms with Crippen LogP contribution in [-0.2, 0) is 4.79 Å². The number of aliphatic hydroxyl groups is 1. The van der Waals surface area contributed by atoms with E-state index in [0.29, 0.717) is 28.6 Å². The number of nitrogens with one attached hydrogen (secondary N) is 3. The summed E-state index contributed by atoms with van der Waals surface area (Å²) in [5.41, 5.74) is 3.42. The average molecular weight is 400 g/mol. The van der Waals surface area contributed by atoms with Gasteiger partial charge in [-0.05, 0) is 37.1 Å². The zero-order valence-electron chi connectivity index (χ0n) is 16.1.